The minimum Gasteiger partial charge on any atom is -0.481 e. The maximum absolute atomic E-state index is 12.3. The van der Waals surface area contributed by atoms with E-state index in [1.807, 2.05) is 5.32 Å². The monoisotopic (exact) mass is 438 g/mol. The van der Waals surface area contributed by atoms with E-state index in [2.05, 4.69) is 23.3 Å². The van der Waals surface area contributed by atoms with Crippen LogP contribution in [0.25, 0.3) is 0 Å². The van der Waals surface area contributed by atoms with Crippen molar-refractivity contribution >= 4 is 42.3 Å². The molecule has 0 aliphatic carbocycles. The zero-order valence-corrected chi connectivity index (χ0v) is 16.6. The van der Waals surface area contributed by atoms with Crippen molar-refractivity contribution in [1.82, 2.24) is 16.0 Å². The average molecular weight is 438 g/mol. The Morgan fingerprint density at radius 3 is 1.72 bits per heavy atom. The number of hydrogen-bond acceptors (Lipinski definition) is 9. The summed E-state index contributed by atoms with van der Waals surface area (Å²) in [6, 6.07) is -6.11. The Morgan fingerprint density at radius 1 is 0.862 bits per heavy atom. The fourth-order valence-electron chi connectivity index (χ4n) is 1.98. The molecule has 6 unspecified atom stereocenters. The molecular weight excluding hydrogens is 412 g/mol. The van der Waals surface area contributed by atoms with Gasteiger partial charge in [0.2, 0.25) is 17.7 Å². The van der Waals surface area contributed by atoms with Crippen molar-refractivity contribution in [3.8, 4) is 0 Å². The highest BCUT2D eigenvalue weighted by atomic mass is 32.1. The van der Waals surface area contributed by atoms with E-state index in [1.165, 1.54) is 6.92 Å². The van der Waals surface area contributed by atoms with E-state index in [9.17, 15) is 34.2 Å². The van der Waals surface area contributed by atoms with Gasteiger partial charge in [-0.3, -0.25) is 19.2 Å². The lowest BCUT2D eigenvalue weighted by Gasteiger charge is -2.24. The molecule has 6 atom stereocenters. The third-order valence-electron chi connectivity index (χ3n) is 3.70. The molecule has 0 spiro atoms. The van der Waals surface area contributed by atoms with Crippen LogP contribution in [-0.4, -0.2) is 92.2 Å². The summed E-state index contributed by atoms with van der Waals surface area (Å²) < 4.78 is 0. The number of carboxylic acid groups (broad SMARTS) is 2. The molecule has 0 fully saturated rings. The Labute approximate surface area is 171 Å². The van der Waals surface area contributed by atoms with Crippen LogP contribution in [0.15, 0.2) is 0 Å². The second-order valence-corrected chi connectivity index (χ2v) is 6.60. The van der Waals surface area contributed by atoms with Gasteiger partial charge in [0.05, 0.1) is 18.6 Å². The van der Waals surface area contributed by atoms with Crippen molar-refractivity contribution in [3.05, 3.63) is 0 Å². The third-order valence-corrected chi connectivity index (χ3v) is 4.06. The van der Waals surface area contributed by atoms with Crippen LogP contribution in [0.4, 0.5) is 0 Å². The Balaban J connectivity index is 5.30. The van der Waals surface area contributed by atoms with E-state index in [4.69, 9.17) is 15.9 Å². The van der Waals surface area contributed by atoms with E-state index < -0.39 is 72.5 Å². The van der Waals surface area contributed by atoms with Gasteiger partial charge in [-0.1, -0.05) is 0 Å². The molecule has 0 bridgehead atoms. The van der Waals surface area contributed by atoms with Gasteiger partial charge in [-0.25, -0.2) is 4.79 Å². The topological polar surface area (TPSA) is 228 Å². The molecule has 0 rings (SSSR count). The molecular formula is C15H26N4O9S. The van der Waals surface area contributed by atoms with Crippen molar-refractivity contribution in [3.63, 3.8) is 0 Å². The van der Waals surface area contributed by atoms with Crippen LogP contribution in [0.3, 0.4) is 0 Å². The number of nitrogens with one attached hydrogen (secondary N) is 3. The second-order valence-electron chi connectivity index (χ2n) is 6.23. The maximum Gasteiger partial charge on any atom is 0.328 e. The zero-order valence-electron chi connectivity index (χ0n) is 15.7. The first-order chi connectivity index (χ1) is 13.3. The number of rotatable bonds is 12. The van der Waals surface area contributed by atoms with Crippen molar-refractivity contribution in [2.45, 2.75) is 56.6 Å². The number of thiol groups is 1. The number of aliphatic hydroxyl groups excluding tert-OH is 2. The quantitative estimate of drug-likeness (QED) is 0.134. The van der Waals surface area contributed by atoms with E-state index in [1.54, 1.807) is 0 Å². The lowest BCUT2D eigenvalue weighted by molar-refractivity contribution is -0.146. The highest BCUT2D eigenvalue weighted by Crippen LogP contribution is 2.01. The molecule has 0 aliphatic heterocycles. The molecule has 0 saturated carbocycles. The molecule has 0 radical (unpaired) electrons. The zero-order chi connectivity index (χ0) is 22.9. The number of carboxylic acids is 2. The number of hydrogen-bond donors (Lipinski definition) is 9. The fourth-order valence-corrected chi connectivity index (χ4v) is 2.24. The summed E-state index contributed by atoms with van der Waals surface area (Å²) in [6.07, 6.45) is -3.61. The van der Waals surface area contributed by atoms with Crippen LogP contribution in [-0.2, 0) is 24.0 Å². The van der Waals surface area contributed by atoms with Gasteiger partial charge in [-0.2, -0.15) is 12.6 Å². The lowest BCUT2D eigenvalue weighted by Crippen LogP contribution is -2.59. The molecule has 0 aliphatic rings. The molecule has 14 heteroatoms. The van der Waals surface area contributed by atoms with Gasteiger partial charge in [0, 0.05) is 5.75 Å². The Bertz CT molecular complexity index is 629. The minimum absolute atomic E-state index is 0.253. The van der Waals surface area contributed by atoms with Crippen molar-refractivity contribution < 1.29 is 44.4 Å². The maximum atomic E-state index is 12.3. The van der Waals surface area contributed by atoms with E-state index in [-0.39, 0.29) is 5.75 Å². The van der Waals surface area contributed by atoms with Crippen molar-refractivity contribution in [2.24, 2.45) is 5.73 Å². The number of nitrogens with two attached hydrogens (primary N) is 1. The van der Waals surface area contributed by atoms with Crippen LogP contribution >= 0.6 is 12.6 Å². The first-order valence-corrected chi connectivity index (χ1v) is 9.03. The molecule has 0 aromatic carbocycles. The summed E-state index contributed by atoms with van der Waals surface area (Å²) in [7, 11) is 0. The van der Waals surface area contributed by atoms with E-state index in [0.717, 1.165) is 6.92 Å². The van der Waals surface area contributed by atoms with Gasteiger partial charge < -0.3 is 42.1 Å². The molecule has 9 N–H and O–H groups in total. The van der Waals surface area contributed by atoms with Crippen LogP contribution in [0, 0.1) is 0 Å². The minimum atomic E-state index is -1.74. The van der Waals surface area contributed by atoms with Crippen LogP contribution in [0.2, 0.25) is 0 Å². The summed E-state index contributed by atoms with van der Waals surface area (Å²) >= 11 is 3.90. The van der Waals surface area contributed by atoms with Gasteiger partial charge in [0.25, 0.3) is 0 Å². The molecule has 166 valence electrons. The Morgan fingerprint density at radius 2 is 1.34 bits per heavy atom. The van der Waals surface area contributed by atoms with Crippen molar-refractivity contribution in [2.75, 3.05) is 5.75 Å². The van der Waals surface area contributed by atoms with E-state index in [0.29, 0.717) is 0 Å². The normalized spacial score (nSPS) is 17.0. The summed E-state index contributed by atoms with van der Waals surface area (Å²) in [5.74, 6) is -6.33. The summed E-state index contributed by atoms with van der Waals surface area (Å²) in [5, 5.41) is 42.9. The van der Waals surface area contributed by atoms with Crippen LogP contribution in [0.5, 0.6) is 0 Å². The number of aliphatic carboxylic acids is 2. The molecule has 3 amide bonds. The summed E-state index contributed by atoms with van der Waals surface area (Å²) in [4.78, 5) is 58.5. The molecule has 29 heavy (non-hydrogen) atoms. The predicted octanol–water partition coefficient (Wildman–Crippen LogP) is -3.98. The Hall–Kier alpha value is -2.42. The predicted molar refractivity (Wildman–Crippen MR) is 101 cm³/mol. The van der Waals surface area contributed by atoms with E-state index >= 15 is 0 Å². The number of aliphatic hydroxyl groups is 2. The average Bonchev–Trinajstić information content (AvgIpc) is 2.61. The van der Waals surface area contributed by atoms with Crippen molar-refractivity contribution in [1.29, 1.82) is 0 Å². The molecule has 13 nitrogen and oxygen atoms in total. The highest BCUT2D eigenvalue weighted by Gasteiger charge is 2.33. The Kier molecular flexibility index (Phi) is 11.2. The molecule has 0 aromatic heterocycles. The first-order valence-electron chi connectivity index (χ1n) is 8.40. The number of carbonyl (C=O) groups is 5. The van der Waals surface area contributed by atoms with Gasteiger partial charge in [-0.15, -0.1) is 0 Å². The van der Waals surface area contributed by atoms with Crippen LogP contribution in [0.1, 0.15) is 20.3 Å². The molecule has 0 aromatic rings. The smallest absolute Gasteiger partial charge is 0.328 e. The summed E-state index contributed by atoms with van der Waals surface area (Å²) in [5.41, 5.74) is 5.45. The van der Waals surface area contributed by atoms with Gasteiger partial charge in [0.1, 0.15) is 18.1 Å². The summed E-state index contributed by atoms with van der Waals surface area (Å²) in [6.45, 7) is 2.36. The van der Waals surface area contributed by atoms with Gasteiger partial charge in [-0.05, 0) is 13.8 Å². The number of carbonyl (C=O) groups excluding carboxylic acids is 3. The largest absolute Gasteiger partial charge is 0.481 e. The second kappa shape index (κ2) is 12.2. The fraction of sp³-hybridized carbons (Fsp3) is 0.667. The van der Waals surface area contributed by atoms with Gasteiger partial charge in [0.15, 0.2) is 6.04 Å². The molecule has 0 saturated heterocycles. The standard InChI is InChI=1S/C15H26N4O9S/c1-5(20)10(16)14(26)18-8(4-29)13(25)17-7(3-9(22)23)12(24)19-11(6(2)21)15(27)28/h5-8,10-11,20-21,29H,3-4,16H2,1-2H3,(H,17,25)(H,18,26)(H,19,24)(H,22,23)(H,27,28). The highest BCUT2D eigenvalue weighted by molar-refractivity contribution is 7.80. The third kappa shape index (κ3) is 9.08. The first kappa shape index (κ1) is 26.6. The molecule has 0 heterocycles. The lowest BCUT2D eigenvalue weighted by atomic mass is 10.1. The number of amides is 3. The SMILES string of the molecule is CC(O)C(N)C(=O)NC(CS)C(=O)NC(CC(=O)O)C(=O)NC(C(=O)O)C(C)O. The van der Waals surface area contributed by atoms with Crippen LogP contribution < -0.4 is 21.7 Å². The van der Waals surface area contributed by atoms with Gasteiger partial charge >= 0.3 is 11.9 Å².